The number of halogens is 1. The van der Waals surface area contributed by atoms with Crippen molar-refractivity contribution >= 4 is 5.97 Å². The molecule has 0 heterocycles. The van der Waals surface area contributed by atoms with Crippen molar-refractivity contribution in [2.24, 2.45) is 0 Å². The molecule has 104 valence electrons. The quantitative estimate of drug-likeness (QED) is 0.875. The lowest BCUT2D eigenvalue weighted by Gasteiger charge is -2.11. The first-order chi connectivity index (χ1) is 9.52. The van der Waals surface area contributed by atoms with Gasteiger partial charge in [0, 0.05) is 0 Å². The SMILES string of the molecule is CCC(C)c1ccc(-c2cc(F)ccc2C(=O)O)cc1. The fraction of sp³-hybridized carbons (Fsp3) is 0.235. The van der Waals surface area contributed by atoms with Gasteiger partial charge in [0.15, 0.2) is 0 Å². The summed E-state index contributed by atoms with van der Waals surface area (Å²) in [6.07, 6.45) is 1.04. The highest BCUT2D eigenvalue weighted by Gasteiger charge is 2.13. The van der Waals surface area contributed by atoms with Crippen LogP contribution in [0.1, 0.15) is 42.1 Å². The fourth-order valence-electron chi connectivity index (χ4n) is 2.17. The van der Waals surface area contributed by atoms with E-state index in [0.717, 1.165) is 6.42 Å². The summed E-state index contributed by atoms with van der Waals surface area (Å²) in [6, 6.07) is 11.4. The number of carbonyl (C=O) groups is 1. The first-order valence-corrected chi connectivity index (χ1v) is 6.66. The van der Waals surface area contributed by atoms with Gasteiger partial charge < -0.3 is 5.11 Å². The third-order valence-electron chi connectivity index (χ3n) is 3.62. The molecule has 0 saturated carbocycles. The van der Waals surface area contributed by atoms with Crippen LogP contribution in [0.2, 0.25) is 0 Å². The van der Waals surface area contributed by atoms with Crippen molar-refractivity contribution in [2.45, 2.75) is 26.2 Å². The largest absolute Gasteiger partial charge is 0.478 e. The normalized spacial score (nSPS) is 12.2. The molecule has 1 N–H and O–H groups in total. The van der Waals surface area contributed by atoms with Crippen LogP contribution in [-0.2, 0) is 0 Å². The van der Waals surface area contributed by atoms with Crippen molar-refractivity contribution in [3.05, 3.63) is 59.4 Å². The van der Waals surface area contributed by atoms with Crippen LogP contribution in [0.25, 0.3) is 11.1 Å². The van der Waals surface area contributed by atoms with Crippen LogP contribution in [0.3, 0.4) is 0 Å². The maximum Gasteiger partial charge on any atom is 0.336 e. The summed E-state index contributed by atoms with van der Waals surface area (Å²) in [5.74, 6) is -1.03. The van der Waals surface area contributed by atoms with Crippen LogP contribution in [0.5, 0.6) is 0 Å². The molecule has 0 aliphatic rings. The number of rotatable bonds is 4. The van der Waals surface area contributed by atoms with Gasteiger partial charge in [-0.1, -0.05) is 38.1 Å². The first-order valence-electron chi connectivity index (χ1n) is 6.66. The molecule has 3 heteroatoms. The average molecular weight is 272 g/mol. The zero-order valence-electron chi connectivity index (χ0n) is 11.6. The van der Waals surface area contributed by atoms with E-state index in [1.165, 1.54) is 23.8 Å². The van der Waals surface area contributed by atoms with Crippen LogP contribution in [0.15, 0.2) is 42.5 Å². The number of carboxylic acid groups (broad SMARTS) is 1. The Morgan fingerprint density at radius 2 is 1.85 bits per heavy atom. The van der Waals surface area contributed by atoms with Gasteiger partial charge in [0.2, 0.25) is 0 Å². The molecular formula is C17H17FO2. The summed E-state index contributed by atoms with van der Waals surface area (Å²) >= 11 is 0. The van der Waals surface area contributed by atoms with Crippen LogP contribution in [-0.4, -0.2) is 11.1 Å². The Balaban J connectivity index is 2.46. The fourth-order valence-corrected chi connectivity index (χ4v) is 2.17. The van der Waals surface area contributed by atoms with Gasteiger partial charge in [0.05, 0.1) is 5.56 Å². The molecule has 0 saturated heterocycles. The monoisotopic (exact) mass is 272 g/mol. The van der Waals surface area contributed by atoms with Gasteiger partial charge in [-0.15, -0.1) is 0 Å². The van der Waals surface area contributed by atoms with Crippen LogP contribution < -0.4 is 0 Å². The van der Waals surface area contributed by atoms with Gasteiger partial charge in [-0.25, -0.2) is 9.18 Å². The second-order valence-corrected chi connectivity index (χ2v) is 4.93. The molecule has 2 aromatic carbocycles. The lowest BCUT2D eigenvalue weighted by atomic mass is 9.94. The zero-order valence-corrected chi connectivity index (χ0v) is 11.6. The maximum atomic E-state index is 13.4. The van der Waals surface area contributed by atoms with E-state index in [0.29, 0.717) is 17.0 Å². The van der Waals surface area contributed by atoms with Gasteiger partial charge in [-0.2, -0.15) is 0 Å². The average Bonchev–Trinajstić information content (AvgIpc) is 2.46. The minimum absolute atomic E-state index is 0.114. The number of aromatic carboxylic acids is 1. The molecular weight excluding hydrogens is 255 g/mol. The standard InChI is InChI=1S/C17H17FO2/c1-3-11(2)12-4-6-13(7-5-12)16-10-14(18)8-9-15(16)17(19)20/h4-11H,3H2,1-2H3,(H,19,20). The summed E-state index contributed by atoms with van der Waals surface area (Å²) in [7, 11) is 0. The highest BCUT2D eigenvalue weighted by Crippen LogP contribution is 2.27. The lowest BCUT2D eigenvalue weighted by Crippen LogP contribution is -2.00. The van der Waals surface area contributed by atoms with E-state index in [-0.39, 0.29) is 5.56 Å². The molecule has 0 amide bonds. The molecule has 2 aromatic rings. The Hall–Kier alpha value is -2.16. The minimum atomic E-state index is -1.05. The molecule has 0 aliphatic carbocycles. The van der Waals surface area contributed by atoms with E-state index in [1.807, 2.05) is 24.3 Å². The third-order valence-corrected chi connectivity index (χ3v) is 3.62. The van der Waals surface area contributed by atoms with E-state index < -0.39 is 11.8 Å². The molecule has 0 bridgehead atoms. The van der Waals surface area contributed by atoms with Gasteiger partial charge in [-0.3, -0.25) is 0 Å². The van der Waals surface area contributed by atoms with Crippen LogP contribution >= 0.6 is 0 Å². The maximum absolute atomic E-state index is 13.4. The van der Waals surface area contributed by atoms with Gasteiger partial charge in [0.1, 0.15) is 5.82 Å². The number of hydrogen-bond donors (Lipinski definition) is 1. The minimum Gasteiger partial charge on any atom is -0.478 e. The van der Waals surface area contributed by atoms with Crippen LogP contribution in [0, 0.1) is 5.82 Å². The molecule has 20 heavy (non-hydrogen) atoms. The molecule has 1 unspecified atom stereocenters. The predicted molar refractivity (Wildman–Crippen MR) is 77.5 cm³/mol. The highest BCUT2D eigenvalue weighted by atomic mass is 19.1. The number of carboxylic acids is 1. The molecule has 0 spiro atoms. The summed E-state index contributed by atoms with van der Waals surface area (Å²) in [6.45, 7) is 4.26. The second kappa shape index (κ2) is 5.87. The molecule has 0 aliphatic heterocycles. The van der Waals surface area contributed by atoms with E-state index in [2.05, 4.69) is 13.8 Å². The van der Waals surface area contributed by atoms with Crippen molar-refractivity contribution in [1.29, 1.82) is 0 Å². The summed E-state index contributed by atoms with van der Waals surface area (Å²) in [4.78, 5) is 11.2. The van der Waals surface area contributed by atoms with E-state index in [1.54, 1.807) is 0 Å². The van der Waals surface area contributed by atoms with Crippen LogP contribution in [0.4, 0.5) is 4.39 Å². The van der Waals surface area contributed by atoms with Gasteiger partial charge in [0.25, 0.3) is 0 Å². The van der Waals surface area contributed by atoms with E-state index >= 15 is 0 Å². The predicted octanol–water partition coefficient (Wildman–Crippen LogP) is 4.70. The third kappa shape index (κ3) is 2.87. The Morgan fingerprint density at radius 3 is 2.40 bits per heavy atom. The number of benzene rings is 2. The second-order valence-electron chi connectivity index (χ2n) is 4.93. The number of hydrogen-bond acceptors (Lipinski definition) is 1. The summed E-state index contributed by atoms with van der Waals surface area (Å²) in [5, 5.41) is 9.18. The molecule has 2 rings (SSSR count). The lowest BCUT2D eigenvalue weighted by molar-refractivity contribution is 0.0697. The first kappa shape index (κ1) is 14.3. The van der Waals surface area contributed by atoms with Crippen molar-refractivity contribution in [2.75, 3.05) is 0 Å². The zero-order chi connectivity index (χ0) is 14.7. The Labute approximate surface area is 117 Å². The Morgan fingerprint density at radius 1 is 1.20 bits per heavy atom. The molecule has 0 fully saturated rings. The Kier molecular flexibility index (Phi) is 4.18. The topological polar surface area (TPSA) is 37.3 Å². The van der Waals surface area contributed by atoms with Gasteiger partial charge >= 0.3 is 5.97 Å². The van der Waals surface area contributed by atoms with Crippen molar-refractivity contribution in [3.63, 3.8) is 0 Å². The van der Waals surface area contributed by atoms with Crippen molar-refractivity contribution in [1.82, 2.24) is 0 Å². The highest BCUT2D eigenvalue weighted by molar-refractivity contribution is 5.96. The van der Waals surface area contributed by atoms with E-state index in [4.69, 9.17) is 0 Å². The molecule has 0 aromatic heterocycles. The van der Waals surface area contributed by atoms with Crippen molar-refractivity contribution < 1.29 is 14.3 Å². The molecule has 2 nitrogen and oxygen atoms in total. The summed E-state index contributed by atoms with van der Waals surface area (Å²) < 4.78 is 13.4. The Bertz CT molecular complexity index is 617. The van der Waals surface area contributed by atoms with Gasteiger partial charge in [-0.05, 0) is 47.2 Å². The molecule has 1 atom stereocenters. The molecule has 0 radical (unpaired) electrons. The smallest absolute Gasteiger partial charge is 0.336 e. The summed E-state index contributed by atoms with van der Waals surface area (Å²) in [5.41, 5.74) is 2.44. The van der Waals surface area contributed by atoms with E-state index in [9.17, 15) is 14.3 Å². The van der Waals surface area contributed by atoms with Crippen molar-refractivity contribution in [3.8, 4) is 11.1 Å².